The summed E-state index contributed by atoms with van der Waals surface area (Å²) in [7, 11) is 0. The first-order chi connectivity index (χ1) is 49.7. The number of aldehydes is 1. The summed E-state index contributed by atoms with van der Waals surface area (Å²) in [6.07, 6.45) is 41.9. The molecule has 0 unspecified atom stereocenters. The van der Waals surface area contributed by atoms with E-state index in [0.717, 1.165) is 56.1 Å². The molecule has 101 heavy (non-hydrogen) atoms. The van der Waals surface area contributed by atoms with Gasteiger partial charge in [-0.1, -0.05) is 157 Å². The molecule has 0 atom stereocenters. The maximum absolute atomic E-state index is 11.9. The Kier molecular flexibility index (Phi) is 30.1. The van der Waals surface area contributed by atoms with Gasteiger partial charge in [0.1, 0.15) is 0 Å². The molecule has 0 fully saturated rings. The van der Waals surface area contributed by atoms with Gasteiger partial charge in [-0.05, 0) is 244 Å². The van der Waals surface area contributed by atoms with E-state index in [0.29, 0.717) is 0 Å². The number of rotatable bonds is 45. The average Bonchev–Trinajstić information content (AvgIpc) is 1.64. The van der Waals surface area contributed by atoms with Crippen LogP contribution < -0.4 is 0 Å². The lowest BCUT2D eigenvalue weighted by molar-refractivity contribution is 0.112. The molecule has 12 aromatic rings. The maximum atomic E-state index is 11.9. The summed E-state index contributed by atoms with van der Waals surface area (Å²) in [6.45, 7) is 13.9. The molecule has 0 bridgehead atoms. The molecular weight excluding hydrogens is 1460 g/mol. The Labute approximate surface area is 654 Å². The van der Waals surface area contributed by atoms with E-state index < -0.39 is 0 Å². The maximum Gasteiger partial charge on any atom is 0.160 e. The molecular formula is C88H104OS12. The molecule has 13 heteroatoms. The number of thiophene rings is 12. The van der Waals surface area contributed by atoms with Crippen molar-refractivity contribution in [1.29, 1.82) is 0 Å². The molecule has 12 rings (SSSR count). The number of hydrogen-bond acceptors (Lipinski definition) is 13. The quantitative estimate of drug-likeness (QED) is 0.0275. The highest BCUT2D eigenvalue weighted by Gasteiger charge is 2.24. The fourth-order valence-corrected chi connectivity index (χ4v) is 28.2. The molecule has 0 radical (unpaired) electrons. The third-order valence-corrected chi connectivity index (χ3v) is 34.9. The largest absolute Gasteiger partial charge is 0.297 e. The molecule has 0 N–H and O–H groups in total. The Hall–Kier alpha value is -3.93. The van der Waals surface area contributed by atoms with Crippen molar-refractivity contribution in [3.8, 4) is 97.5 Å². The van der Waals surface area contributed by atoms with Gasteiger partial charge in [0, 0.05) is 107 Å². The Morgan fingerprint density at radius 2 is 0.505 bits per heavy atom. The predicted octanol–water partition coefficient (Wildman–Crippen LogP) is 33.8. The lowest BCUT2D eigenvalue weighted by Gasteiger charge is -2.02. The van der Waals surface area contributed by atoms with Gasteiger partial charge >= 0.3 is 0 Å². The highest BCUT2D eigenvalue weighted by Crippen LogP contribution is 2.52. The van der Waals surface area contributed by atoms with E-state index >= 15 is 0 Å². The third kappa shape index (κ3) is 20.4. The summed E-state index contributed by atoms with van der Waals surface area (Å²) in [5.74, 6) is 0. The summed E-state index contributed by atoms with van der Waals surface area (Å²) in [5.41, 5.74) is 9.07. The van der Waals surface area contributed by atoms with Gasteiger partial charge in [0.05, 0.1) is 4.88 Å². The van der Waals surface area contributed by atoms with E-state index in [-0.39, 0.29) is 0 Å². The first-order valence-electron chi connectivity index (χ1n) is 38.5. The van der Waals surface area contributed by atoms with Crippen LogP contribution in [0, 0.1) is 0 Å². The second-order valence-electron chi connectivity index (χ2n) is 27.7. The second kappa shape index (κ2) is 39.6. The van der Waals surface area contributed by atoms with Crippen molar-refractivity contribution in [2.24, 2.45) is 0 Å². The Morgan fingerprint density at radius 1 is 0.228 bits per heavy atom. The van der Waals surface area contributed by atoms with Crippen LogP contribution >= 0.6 is 136 Å². The van der Waals surface area contributed by atoms with Gasteiger partial charge in [0.2, 0.25) is 0 Å². The van der Waals surface area contributed by atoms with Crippen LogP contribution in [0.4, 0.5) is 0 Å². The minimum Gasteiger partial charge on any atom is -0.297 e. The molecule has 0 spiro atoms. The normalized spacial score (nSPS) is 11.8. The number of unbranched alkanes of at least 4 members (excludes halogenated alkanes) is 18. The molecule has 0 aliphatic carbocycles. The second-order valence-corrected chi connectivity index (χ2v) is 40.5. The van der Waals surface area contributed by atoms with Crippen LogP contribution in [0.5, 0.6) is 0 Å². The monoisotopic (exact) mass is 1560 g/mol. The lowest BCUT2D eigenvalue weighted by Crippen LogP contribution is -1.87. The number of carbonyl (C=O) groups is 1. The first kappa shape index (κ1) is 76.7. The van der Waals surface area contributed by atoms with Crippen molar-refractivity contribution in [3.63, 3.8) is 0 Å². The summed E-state index contributed by atoms with van der Waals surface area (Å²) in [5, 5.41) is 2.30. The predicted molar refractivity (Wildman–Crippen MR) is 466 cm³/mol. The zero-order valence-corrected chi connectivity index (χ0v) is 70.5. The van der Waals surface area contributed by atoms with E-state index in [9.17, 15) is 4.79 Å². The van der Waals surface area contributed by atoms with E-state index in [2.05, 4.69) is 201 Å². The summed E-state index contributed by atoms with van der Waals surface area (Å²) in [4.78, 5) is 44.2. The molecule has 12 aromatic heterocycles. The van der Waals surface area contributed by atoms with Crippen LogP contribution in [-0.4, -0.2) is 6.29 Å². The van der Waals surface area contributed by atoms with Gasteiger partial charge in [-0.2, -0.15) is 0 Å². The number of carbonyl (C=O) groups excluding carboxylic acids is 1. The molecule has 0 aliphatic rings. The van der Waals surface area contributed by atoms with Crippen LogP contribution in [0.25, 0.3) is 97.5 Å². The summed E-state index contributed by atoms with van der Waals surface area (Å²) in [6, 6.07) is 43.7. The van der Waals surface area contributed by atoms with Gasteiger partial charge in [0.25, 0.3) is 0 Å². The first-order valence-corrected chi connectivity index (χ1v) is 48.4. The van der Waals surface area contributed by atoms with Crippen LogP contribution in [0.15, 0.2) is 115 Å². The van der Waals surface area contributed by atoms with E-state index in [1.165, 1.54) is 292 Å². The fraction of sp³-hybridized carbons (Fsp3) is 0.443. The lowest BCUT2D eigenvalue weighted by atomic mass is 10.0. The SMILES string of the molecule is CCCCCCc1ccsc1-c1ccc(-c2ccc(-c3sc(-c4cc(CCCCCC)c(-c5ccc(-c6ccc(-c7sc(CCCc8cc(CCCCCC)c(-c9ccc(-c%10ccc(-c%11sc(C=O)cc%11CCCCCC)s%10)s9)s8)cc7CCCCCC)s6)s5)s4)cc3CCCCCC)s2)s1. The molecule has 1 nitrogen and oxygen atoms in total. The minimum absolute atomic E-state index is 0.845. The smallest absolute Gasteiger partial charge is 0.160 e. The van der Waals surface area contributed by atoms with Gasteiger partial charge in [-0.3, -0.25) is 4.79 Å². The average molecular weight is 1560 g/mol. The summed E-state index contributed by atoms with van der Waals surface area (Å²) >= 11 is 23.7. The molecule has 12 heterocycles. The molecule has 0 aliphatic heterocycles. The topological polar surface area (TPSA) is 17.1 Å². The van der Waals surface area contributed by atoms with Crippen LogP contribution in [-0.2, 0) is 51.4 Å². The fourth-order valence-electron chi connectivity index (χ4n) is 14.0. The Balaban J connectivity index is 0.752. The van der Waals surface area contributed by atoms with Crippen molar-refractivity contribution in [3.05, 3.63) is 163 Å². The van der Waals surface area contributed by atoms with Crippen LogP contribution in [0.3, 0.4) is 0 Å². The van der Waals surface area contributed by atoms with Crippen LogP contribution in [0.2, 0.25) is 0 Å². The molecule has 0 aromatic carbocycles. The van der Waals surface area contributed by atoms with Crippen molar-refractivity contribution in [1.82, 2.24) is 0 Å². The van der Waals surface area contributed by atoms with E-state index in [1.807, 2.05) is 79.4 Å². The van der Waals surface area contributed by atoms with E-state index in [4.69, 9.17) is 0 Å². The van der Waals surface area contributed by atoms with E-state index in [1.54, 1.807) is 27.3 Å². The third-order valence-electron chi connectivity index (χ3n) is 19.6. The highest BCUT2D eigenvalue weighted by molar-refractivity contribution is 7.32. The highest BCUT2D eigenvalue weighted by atomic mass is 32.1. The molecule has 0 amide bonds. The standard InChI is InChI=1S/C88H104OS12/c1-7-13-19-25-32-60-52-53-90-83(60)75-46-40-69(94-75)70-44-50-79(98-70)87-64(36-29-23-17-11-5)57-81(100-87)82-58-65(37-30-24-18-12-6)88(101-82)80-51-45-74(99-80)73-42-48-77(96-73)85-62(34-27-21-15-9-3)55-67(92-85)39-31-38-66-54-61(33-26-20-14-8-2)84(91-66)76-47-41-71(95-76)72-43-49-78(97-72)86-63(35-28-22-16-10-4)56-68(59-89)93-86/h40-59H,7-39H2,1-6H3. The Bertz CT molecular complexity index is 4440. The van der Waals surface area contributed by atoms with Gasteiger partial charge in [0.15, 0.2) is 6.29 Å². The molecule has 0 saturated carbocycles. The summed E-state index contributed by atoms with van der Waals surface area (Å²) < 4.78 is 0. The van der Waals surface area contributed by atoms with Crippen molar-refractivity contribution in [2.45, 2.75) is 253 Å². The Morgan fingerprint density at radius 3 is 0.832 bits per heavy atom. The zero-order chi connectivity index (χ0) is 69.7. The number of aryl methyl sites for hydroxylation is 8. The molecule has 534 valence electrons. The van der Waals surface area contributed by atoms with Crippen molar-refractivity contribution < 1.29 is 4.79 Å². The number of hydrogen-bond donors (Lipinski definition) is 0. The van der Waals surface area contributed by atoms with Crippen LogP contribution in [0.1, 0.15) is 255 Å². The van der Waals surface area contributed by atoms with Crippen molar-refractivity contribution >= 4 is 142 Å². The molecule has 0 saturated heterocycles. The van der Waals surface area contributed by atoms with Crippen molar-refractivity contribution in [2.75, 3.05) is 0 Å². The van der Waals surface area contributed by atoms with Gasteiger partial charge in [-0.25, -0.2) is 0 Å². The zero-order valence-electron chi connectivity index (χ0n) is 60.7. The minimum atomic E-state index is 0.845. The van der Waals surface area contributed by atoms with Gasteiger partial charge in [-0.15, -0.1) is 136 Å². The van der Waals surface area contributed by atoms with Gasteiger partial charge < -0.3 is 0 Å².